The van der Waals surface area contributed by atoms with Gasteiger partial charge in [-0.05, 0) is 36.1 Å². The van der Waals surface area contributed by atoms with Gasteiger partial charge in [-0.3, -0.25) is 4.79 Å². The van der Waals surface area contributed by atoms with E-state index in [9.17, 15) is 9.18 Å². The fourth-order valence-corrected chi connectivity index (χ4v) is 4.60. The Morgan fingerprint density at radius 3 is 2.68 bits per heavy atom. The van der Waals surface area contributed by atoms with Gasteiger partial charge in [0.1, 0.15) is 27.6 Å². The van der Waals surface area contributed by atoms with Gasteiger partial charge in [-0.15, -0.1) is 11.3 Å². The first-order valence-corrected chi connectivity index (χ1v) is 10.3. The smallest absolute Gasteiger partial charge is 0.264 e. The summed E-state index contributed by atoms with van der Waals surface area (Å²) in [6.45, 7) is 1.83. The van der Waals surface area contributed by atoms with E-state index in [1.54, 1.807) is 29.7 Å². The Hall–Kier alpha value is -2.84. The first kappa shape index (κ1) is 18.5. The van der Waals surface area contributed by atoms with E-state index in [2.05, 4.69) is 15.3 Å². The molecule has 28 heavy (non-hydrogen) atoms. The van der Waals surface area contributed by atoms with Crippen LogP contribution in [0.5, 0.6) is 0 Å². The minimum absolute atomic E-state index is 0.228. The SMILES string of the molecule is Cc1nc(-c2ccsc2)sc1C(=O)NC(c1ccc(F)cc1)c1nccn1C. The molecule has 1 unspecified atom stereocenters. The summed E-state index contributed by atoms with van der Waals surface area (Å²) in [5, 5.41) is 7.85. The van der Waals surface area contributed by atoms with Gasteiger partial charge in [0.15, 0.2) is 0 Å². The summed E-state index contributed by atoms with van der Waals surface area (Å²) in [6, 6.07) is 7.56. The number of amides is 1. The first-order valence-electron chi connectivity index (χ1n) is 8.56. The topological polar surface area (TPSA) is 59.8 Å². The quantitative estimate of drug-likeness (QED) is 0.522. The van der Waals surface area contributed by atoms with Crippen LogP contribution in [0.4, 0.5) is 4.39 Å². The van der Waals surface area contributed by atoms with E-state index < -0.39 is 6.04 Å². The average Bonchev–Trinajstić information content (AvgIpc) is 3.41. The summed E-state index contributed by atoms with van der Waals surface area (Å²) in [7, 11) is 1.86. The molecule has 4 rings (SSSR count). The lowest BCUT2D eigenvalue weighted by molar-refractivity contribution is 0.0944. The highest BCUT2D eigenvalue weighted by atomic mass is 32.1. The zero-order chi connectivity index (χ0) is 19.7. The molecule has 0 aliphatic carbocycles. The third-order valence-electron chi connectivity index (χ3n) is 4.37. The van der Waals surface area contributed by atoms with Crippen molar-refractivity contribution in [2.45, 2.75) is 13.0 Å². The Morgan fingerprint density at radius 1 is 1.25 bits per heavy atom. The van der Waals surface area contributed by atoms with E-state index >= 15 is 0 Å². The van der Waals surface area contributed by atoms with Gasteiger partial charge < -0.3 is 9.88 Å². The summed E-state index contributed by atoms with van der Waals surface area (Å²) in [5.41, 5.74) is 2.45. The van der Waals surface area contributed by atoms with Gasteiger partial charge in [0, 0.05) is 30.4 Å². The van der Waals surface area contributed by atoms with Crippen molar-refractivity contribution >= 4 is 28.6 Å². The minimum Gasteiger partial charge on any atom is -0.337 e. The molecule has 0 saturated heterocycles. The molecular formula is C20H17FN4OS2. The molecule has 3 aromatic heterocycles. The zero-order valence-corrected chi connectivity index (χ0v) is 16.9. The lowest BCUT2D eigenvalue weighted by atomic mass is 10.1. The third-order valence-corrected chi connectivity index (χ3v) is 6.25. The minimum atomic E-state index is -0.501. The number of carbonyl (C=O) groups is 1. The molecule has 1 aromatic carbocycles. The lowest BCUT2D eigenvalue weighted by Gasteiger charge is -2.19. The van der Waals surface area contributed by atoms with Crippen molar-refractivity contribution in [1.29, 1.82) is 0 Å². The maximum atomic E-state index is 13.4. The molecule has 4 aromatic rings. The predicted molar refractivity (Wildman–Crippen MR) is 109 cm³/mol. The number of aromatic nitrogens is 3. The van der Waals surface area contributed by atoms with Gasteiger partial charge in [-0.2, -0.15) is 11.3 Å². The molecule has 0 aliphatic heterocycles. The fraction of sp³-hybridized carbons (Fsp3) is 0.150. The Balaban J connectivity index is 1.66. The maximum Gasteiger partial charge on any atom is 0.264 e. The fourth-order valence-electron chi connectivity index (χ4n) is 2.92. The number of carbonyl (C=O) groups excluding carboxylic acids is 1. The van der Waals surface area contributed by atoms with E-state index in [4.69, 9.17) is 0 Å². The summed E-state index contributed by atoms with van der Waals surface area (Å²) < 4.78 is 15.2. The highest BCUT2D eigenvalue weighted by molar-refractivity contribution is 7.17. The number of halogens is 1. The molecule has 1 N–H and O–H groups in total. The third kappa shape index (κ3) is 3.61. The normalized spacial score (nSPS) is 12.1. The van der Waals surface area contributed by atoms with Crippen molar-refractivity contribution < 1.29 is 9.18 Å². The molecule has 3 heterocycles. The van der Waals surface area contributed by atoms with Crippen LogP contribution in [0.2, 0.25) is 0 Å². The van der Waals surface area contributed by atoms with Gasteiger partial charge in [-0.1, -0.05) is 12.1 Å². The van der Waals surface area contributed by atoms with Crippen LogP contribution >= 0.6 is 22.7 Å². The molecule has 0 radical (unpaired) electrons. The van der Waals surface area contributed by atoms with Gasteiger partial charge in [0.2, 0.25) is 0 Å². The molecule has 8 heteroatoms. The van der Waals surface area contributed by atoms with E-state index in [1.807, 2.05) is 41.6 Å². The second-order valence-electron chi connectivity index (χ2n) is 6.30. The Bertz CT molecular complexity index is 1100. The molecule has 142 valence electrons. The van der Waals surface area contributed by atoms with Crippen LogP contribution < -0.4 is 5.32 Å². The predicted octanol–water partition coefficient (Wildman–Crippen LogP) is 4.57. The summed E-state index contributed by atoms with van der Waals surface area (Å²) in [6.07, 6.45) is 3.48. The Morgan fingerprint density at radius 2 is 2.04 bits per heavy atom. The van der Waals surface area contributed by atoms with Crippen molar-refractivity contribution in [3.05, 3.63) is 81.3 Å². The number of imidazole rings is 1. The summed E-state index contributed by atoms with van der Waals surface area (Å²) in [5.74, 6) is 0.112. The van der Waals surface area contributed by atoms with Crippen LogP contribution in [-0.4, -0.2) is 20.4 Å². The van der Waals surface area contributed by atoms with E-state index in [0.717, 1.165) is 16.1 Å². The zero-order valence-electron chi connectivity index (χ0n) is 15.2. The monoisotopic (exact) mass is 412 g/mol. The Kier molecular flexibility index (Phi) is 5.06. The highest BCUT2D eigenvalue weighted by Gasteiger charge is 2.24. The number of hydrogen-bond acceptors (Lipinski definition) is 5. The molecule has 0 spiro atoms. The second-order valence-corrected chi connectivity index (χ2v) is 8.08. The second kappa shape index (κ2) is 7.65. The van der Waals surface area contributed by atoms with E-state index in [0.29, 0.717) is 16.4 Å². The number of rotatable bonds is 5. The molecule has 1 amide bonds. The van der Waals surface area contributed by atoms with Crippen LogP contribution in [0.3, 0.4) is 0 Å². The van der Waals surface area contributed by atoms with Gasteiger partial charge in [0.25, 0.3) is 5.91 Å². The van der Waals surface area contributed by atoms with E-state index in [1.165, 1.54) is 23.5 Å². The largest absolute Gasteiger partial charge is 0.337 e. The molecule has 1 atom stereocenters. The van der Waals surface area contributed by atoms with Crippen LogP contribution in [0, 0.1) is 12.7 Å². The Labute approximate surface area is 169 Å². The molecule has 0 saturated carbocycles. The number of benzene rings is 1. The number of thiophene rings is 1. The van der Waals surface area contributed by atoms with E-state index in [-0.39, 0.29) is 11.7 Å². The van der Waals surface area contributed by atoms with Crippen molar-refractivity contribution in [2.24, 2.45) is 7.05 Å². The number of thiazole rings is 1. The average molecular weight is 413 g/mol. The van der Waals surface area contributed by atoms with Gasteiger partial charge in [-0.25, -0.2) is 14.4 Å². The van der Waals surface area contributed by atoms with Crippen LogP contribution in [0.1, 0.15) is 32.8 Å². The number of nitrogens with one attached hydrogen (secondary N) is 1. The number of nitrogens with zero attached hydrogens (tertiary/aromatic N) is 3. The molecule has 5 nitrogen and oxygen atoms in total. The van der Waals surface area contributed by atoms with Crippen LogP contribution in [0.25, 0.3) is 10.6 Å². The first-order chi connectivity index (χ1) is 13.5. The summed E-state index contributed by atoms with van der Waals surface area (Å²) in [4.78, 5) is 22.5. The van der Waals surface area contributed by atoms with Gasteiger partial charge in [0.05, 0.1) is 5.69 Å². The van der Waals surface area contributed by atoms with Crippen molar-refractivity contribution in [2.75, 3.05) is 0 Å². The number of hydrogen-bond donors (Lipinski definition) is 1. The standard InChI is InChI=1S/C20H17FN4OS2/c1-12-17(28-20(23-12)14-7-10-27-11-14)19(26)24-16(18-22-8-9-25(18)2)13-3-5-15(21)6-4-13/h3-11,16H,1-2H3,(H,24,26). The van der Waals surface area contributed by atoms with Crippen molar-refractivity contribution in [1.82, 2.24) is 19.9 Å². The van der Waals surface area contributed by atoms with Crippen LogP contribution in [-0.2, 0) is 7.05 Å². The highest BCUT2D eigenvalue weighted by Crippen LogP contribution is 2.30. The lowest BCUT2D eigenvalue weighted by Crippen LogP contribution is -2.31. The maximum absolute atomic E-state index is 13.4. The molecule has 0 aliphatic rings. The molecule has 0 fully saturated rings. The van der Waals surface area contributed by atoms with Crippen molar-refractivity contribution in [3.63, 3.8) is 0 Å². The molecule has 0 bridgehead atoms. The van der Waals surface area contributed by atoms with Gasteiger partial charge >= 0.3 is 0 Å². The summed E-state index contributed by atoms with van der Waals surface area (Å²) >= 11 is 2.95. The van der Waals surface area contributed by atoms with Crippen molar-refractivity contribution in [3.8, 4) is 10.6 Å². The number of aryl methyl sites for hydroxylation is 2. The molecular weight excluding hydrogens is 395 g/mol. The van der Waals surface area contributed by atoms with Crippen LogP contribution in [0.15, 0.2) is 53.5 Å².